The Balaban J connectivity index is 2.67. The van der Waals surface area contributed by atoms with Crippen molar-refractivity contribution in [3.05, 3.63) is 36.3 Å². The lowest BCUT2D eigenvalue weighted by Gasteiger charge is -2.03. The molecule has 3 aromatic rings. The lowest BCUT2D eigenvalue weighted by atomic mass is 10.2. The first-order valence-corrected chi connectivity index (χ1v) is 4.76. The maximum atomic E-state index is 5.90. The summed E-state index contributed by atoms with van der Waals surface area (Å²) in [6.07, 6.45) is 1.66. The Hall–Kier alpha value is -2.10. The molecule has 0 fully saturated rings. The Labute approximate surface area is 86.3 Å². The van der Waals surface area contributed by atoms with Crippen molar-refractivity contribution in [2.75, 3.05) is 5.73 Å². The minimum atomic E-state index is 0.691. The van der Waals surface area contributed by atoms with Crippen LogP contribution in [0.4, 0.5) is 5.69 Å². The molecule has 0 bridgehead atoms. The minimum Gasteiger partial charge on any atom is -0.396 e. The molecule has 2 heterocycles. The van der Waals surface area contributed by atoms with Gasteiger partial charge in [-0.05, 0) is 13.0 Å². The van der Waals surface area contributed by atoms with Crippen molar-refractivity contribution in [2.24, 2.45) is 0 Å². The molecule has 1 aromatic carbocycles. The van der Waals surface area contributed by atoms with E-state index in [0.717, 1.165) is 22.2 Å². The van der Waals surface area contributed by atoms with E-state index in [2.05, 4.69) is 10.1 Å². The van der Waals surface area contributed by atoms with E-state index in [1.807, 2.05) is 31.2 Å². The summed E-state index contributed by atoms with van der Waals surface area (Å²) in [5.74, 6) is 0.848. The van der Waals surface area contributed by atoms with E-state index in [0.29, 0.717) is 5.69 Å². The van der Waals surface area contributed by atoms with Crippen LogP contribution in [0.25, 0.3) is 16.4 Å². The molecule has 2 N–H and O–H groups in total. The van der Waals surface area contributed by atoms with Gasteiger partial charge in [-0.2, -0.15) is 5.10 Å². The fourth-order valence-corrected chi connectivity index (χ4v) is 1.87. The summed E-state index contributed by atoms with van der Waals surface area (Å²) < 4.78 is 1.78. The van der Waals surface area contributed by atoms with Gasteiger partial charge >= 0.3 is 0 Å². The molecule has 0 amide bonds. The zero-order chi connectivity index (χ0) is 10.4. The number of fused-ring (bicyclic) bond motifs is 3. The van der Waals surface area contributed by atoms with E-state index < -0.39 is 0 Å². The zero-order valence-electron chi connectivity index (χ0n) is 8.31. The maximum Gasteiger partial charge on any atom is 0.128 e. The summed E-state index contributed by atoms with van der Waals surface area (Å²) in [6, 6.07) is 7.94. The summed E-state index contributed by atoms with van der Waals surface area (Å²) in [7, 11) is 0. The van der Waals surface area contributed by atoms with Crippen molar-refractivity contribution in [1.29, 1.82) is 0 Å². The van der Waals surface area contributed by atoms with Gasteiger partial charge in [-0.3, -0.25) is 0 Å². The number of aryl methyl sites for hydroxylation is 1. The van der Waals surface area contributed by atoms with Crippen LogP contribution < -0.4 is 5.73 Å². The number of hydrogen-bond acceptors (Lipinski definition) is 3. The average molecular weight is 198 g/mol. The smallest absolute Gasteiger partial charge is 0.128 e. The van der Waals surface area contributed by atoms with Crippen LogP contribution in [0.2, 0.25) is 0 Å². The average Bonchev–Trinajstić information content (AvgIpc) is 2.62. The highest BCUT2D eigenvalue weighted by Crippen LogP contribution is 2.23. The highest BCUT2D eigenvalue weighted by molar-refractivity contribution is 5.99. The molecular formula is C11H10N4. The fraction of sp³-hybridized carbons (Fsp3) is 0.0909. The number of anilines is 1. The van der Waals surface area contributed by atoms with E-state index in [-0.39, 0.29) is 0 Å². The van der Waals surface area contributed by atoms with E-state index in [9.17, 15) is 0 Å². The molecule has 0 saturated carbocycles. The van der Waals surface area contributed by atoms with Crippen LogP contribution in [0, 0.1) is 6.92 Å². The van der Waals surface area contributed by atoms with Crippen molar-refractivity contribution >= 4 is 22.1 Å². The van der Waals surface area contributed by atoms with Crippen LogP contribution in [0.5, 0.6) is 0 Å². The molecule has 0 spiro atoms. The predicted molar refractivity (Wildman–Crippen MR) is 59.6 cm³/mol. The van der Waals surface area contributed by atoms with Gasteiger partial charge in [-0.1, -0.05) is 18.2 Å². The number of hydrogen-bond donors (Lipinski definition) is 1. The van der Waals surface area contributed by atoms with Gasteiger partial charge in [0.1, 0.15) is 11.3 Å². The first-order chi connectivity index (χ1) is 7.27. The highest BCUT2D eigenvalue weighted by Gasteiger charge is 2.08. The van der Waals surface area contributed by atoms with E-state index in [4.69, 9.17) is 5.73 Å². The van der Waals surface area contributed by atoms with E-state index in [1.54, 1.807) is 10.7 Å². The van der Waals surface area contributed by atoms with Gasteiger partial charge in [0.25, 0.3) is 0 Å². The van der Waals surface area contributed by atoms with Crippen molar-refractivity contribution in [3.63, 3.8) is 0 Å². The van der Waals surface area contributed by atoms with E-state index in [1.165, 1.54) is 0 Å². The van der Waals surface area contributed by atoms with Gasteiger partial charge < -0.3 is 5.73 Å². The Morgan fingerprint density at radius 2 is 2.07 bits per heavy atom. The summed E-state index contributed by atoms with van der Waals surface area (Å²) in [5.41, 5.74) is 8.49. The molecule has 0 radical (unpaired) electrons. The third-order valence-electron chi connectivity index (χ3n) is 2.55. The number of nitrogen functional groups attached to an aromatic ring is 1. The van der Waals surface area contributed by atoms with Crippen LogP contribution in [-0.4, -0.2) is 14.6 Å². The quantitative estimate of drug-likeness (QED) is 0.599. The Bertz CT molecular complexity index is 654. The topological polar surface area (TPSA) is 56.2 Å². The van der Waals surface area contributed by atoms with Gasteiger partial charge in [0.2, 0.25) is 0 Å². The second-order valence-corrected chi connectivity index (χ2v) is 3.54. The molecule has 74 valence electrons. The third kappa shape index (κ3) is 1.01. The summed E-state index contributed by atoms with van der Waals surface area (Å²) in [6.45, 7) is 1.92. The Morgan fingerprint density at radius 3 is 2.93 bits per heavy atom. The summed E-state index contributed by atoms with van der Waals surface area (Å²) >= 11 is 0. The van der Waals surface area contributed by atoms with Gasteiger partial charge in [-0.15, -0.1) is 0 Å². The van der Waals surface area contributed by atoms with Crippen LogP contribution in [0.15, 0.2) is 30.5 Å². The fourth-order valence-electron chi connectivity index (χ4n) is 1.87. The first kappa shape index (κ1) is 8.23. The van der Waals surface area contributed by atoms with E-state index >= 15 is 0 Å². The Kier molecular flexibility index (Phi) is 1.48. The molecule has 0 atom stereocenters. The van der Waals surface area contributed by atoms with Crippen molar-refractivity contribution in [3.8, 4) is 0 Å². The van der Waals surface area contributed by atoms with Crippen LogP contribution >= 0.6 is 0 Å². The van der Waals surface area contributed by atoms with Crippen LogP contribution in [0.1, 0.15) is 5.82 Å². The van der Waals surface area contributed by atoms with Crippen molar-refractivity contribution in [2.45, 2.75) is 6.92 Å². The predicted octanol–water partition coefficient (Wildman–Crippen LogP) is 1.77. The molecule has 15 heavy (non-hydrogen) atoms. The molecule has 4 nitrogen and oxygen atoms in total. The molecule has 0 aliphatic rings. The normalized spacial score (nSPS) is 11.3. The SMILES string of the molecule is Cc1nc2ccccc2c2c(N)cnn12. The second kappa shape index (κ2) is 2.70. The number of nitrogens with zero attached hydrogens (tertiary/aromatic N) is 3. The molecule has 2 aromatic heterocycles. The molecule has 4 heteroatoms. The maximum absolute atomic E-state index is 5.90. The second-order valence-electron chi connectivity index (χ2n) is 3.54. The third-order valence-corrected chi connectivity index (χ3v) is 2.55. The number of nitrogens with two attached hydrogens (primary N) is 1. The first-order valence-electron chi connectivity index (χ1n) is 4.76. The van der Waals surface area contributed by atoms with Crippen LogP contribution in [-0.2, 0) is 0 Å². The molecule has 0 aliphatic carbocycles. The lowest BCUT2D eigenvalue weighted by Crippen LogP contribution is -1.98. The largest absolute Gasteiger partial charge is 0.396 e. The zero-order valence-corrected chi connectivity index (χ0v) is 8.31. The highest BCUT2D eigenvalue weighted by atomic mass is 15.3. The molecular weight excluding hydrogens is 188 g/mol. The Morgan fingerprint density at radius 1 is 1.27 bits per heavy atom. The molecule has 3 rings (SSSR count). The van der Waals surface area contributed by atoms with Gasteiger partial charge in [0.15, 0.2) is 0 Å². The number of benzene rings is 1. The lowest BCUT2D eigenvalue weighted by molar-refractivity contribution is 0.877. The van der Waals surface area contributed by atoms with Gasteiger partial charge in [0.05, 0.1) is 17.4 Å². The number of aromatic nitrogens is 3. The molecule has 0 aliphatic heterocycles. The number of para-hydroxylation sites is 1. The van der Waals surface area contributed by atoms with Crippen molar-refractivity contribution in [1.82, 2.24) is 14.6 Å². The summed E-state index contributed by atoms with van der Waals surface area (Å²) in [4.78, 5) is 4.46. The summed E-state index contributed by atoms with van der Waals surface area (Å²) in [5, 5.41) is 5.24. The van der Waals surface area contributed by atoms with Crippen molar-refractivity contribution < 1.29 is 0 Å². The number of rotatable bonds is 0. The molecule has 0 unspecified atom stereocenters. The standard InChI is InChI=1S/C11H10N4/c1-7-14-10-5-3-2-4-8(10)11-9(12)6-13-15(7)11/h2-6H,12H2,1H3. The van der Waals surface area contributed by atoms with Crippen LogP contribution in [0.3, 0.4) is 0 Å². The monoisotopic (exact) mass is 198 g/mol. The molecule has 0 saturated heterocycles. The van der Waals surface area contributed by atoms with Gasteiger partial charge in [0, 0.05) is 5.39 Å². The van der Waals surface area contributed by atoms with Gasteiger partial charge in [-0.25, -0.2) is 9.50 Å². The minimum absolute atomic E-state index is 0.691.